The molecule has 0 N–H and O–H groups in total. The van der Waals surface area contributed by atoms with E-state index in [1.54, 1.807) is 12.1 Å². The van der Waals surface area contributed by atoms with Gasteiger partial charge in [0.2, 0.25) is 0 Å². The van der Waals surface area contributed by atoms with Crippen LogP contribution in [0.3, 0.4) is 0 Å². The second kappa shape index (κ2) is 14.1. The summed E-state index contributed by atoms with van der Waals surface area (Å²) in [5, 5.41) is -0.724. The fraction of sp³-hybridized carbons (Fsp3) is 0.471. The third kappa shape index (κ3) is 7.54. The van der Waals surface area contributed by atoms with Crippen molar-refractivity contribution in [2.75, 3.05) is 13.2 Å². The molecule has 1 aliphatic heterocycles. The van der Waals surface area contributed by atoms with Gasteiger partial charge in [-0.25, -0.2) is 17.6 Å². The Balaban J connectivity index is 1.16. The number of hydrogen-bond acceptors (Lipinski definition) is 3. The maximum atomic E-state index is 15.2. The molecule has 238 valence electrons. The Morgan fingerprint density at radius 3 is 2.11 bits per heavy atom. The van der Waals surface area contributed by atoms with Crippen molar-refractivity contribution in [1.82, 2.24) is 0 Å². The van der Waals surface area contributed by atoms with E-state index in [0.29, 0.717) is 43.1 Å². The fourth-order valence-corrected chi connectivity index (χ4v) is 6.20. The Morgan fingerprint density at radius 1 is 0.818 bits per heavy atom. The van der Waals surface area contributed by atoms with Crippen LogP contribution in [0.15, 0.2) is 48.5 Å². The molecule has 0 bridgehead atoms. The Hall–Kier alpha value is -2.75. The largest absolute Gasteiger partial charge is 0.432 e. The van der Waals surface area contributed by atoms with Gasteiger partial charge in [0.15, 0.2) is 6.29 Å². The lowest BCUT2D eigenvalue weighted by Gasteiger charge is -2.34. The van der Waals surface area contributed by atoms with Crippen molar-refractivity contribution in [3.8, 4) is 16.9 Å². The summed E-state index contributed by atoms with van der Waals surface area (Å²) in [5.74, 6) is -5.02. The molecule has 0 radical (unpaired) electrons. The predicted molar refractivity (Wildman–Crippen MR) is 156 cm³/mol. The summed E-state index contributed by atoms with van der Waals surface area (Å²) in [7, 11) is 0. The van der Waals surface area contributed by atoms with Crippen molar-refractivity contribution in [3.63, 3.8) is 0 Å². The van der Waals surface area contributed by atoms with Crippen LogP contribution >= 0.6 is 11.6 Å². The summed E-state index contributed by atoms with van der Waals surface area (Å²) in [6, 6.07) is 9.57. The van der Waals surface area contributed by atoms with Crippen molar-refractivity contribution in [2.24, 2.45) is 11.8 Å². The van der Waals surface area contributed by atoms with E-state index in [9.17, 15) is 13.2 Å². The van der Waals surface area contributed by atoms with Crippen LogP contribution < -0.4 is 4.74 Å². The molecular weight excluding hydrogens is 606 g/mol. The van der Waals surface area contributed by atoms with E-state index in [0.717, 1.165) is 49.6 Å². The molecule has 2 fully saturated rings. The fourth-order valence-electron chi connectivity index (χ4n) is 6.09. The molecule has 3 aromatic rings. The molecular formula is C34H35ClF6O3. The first-order valence-electron chi connectivity index (χ1n) is 15.1. The van der Waals surface area contributed by atoms with Gasteiger partial charge in [0.05, 0.1) is 19.1 Å². The molecule has 0 unspecified atom stereocenters. The lowest BCUT2D eigenvalue weighted by Crippen LogP contribution is -2.37. The summed E-state index contributed by atoms with van der Waals surface area (Å²) in [5.41, 5.74) is 0.731. The maximum absolute atomic E-state index is 15.2. The lowest BCUT2D eigenvalue weighted by atomic mass is 9.78. The molecule has 1 saturated heterocycles. The quantitative estimate of drug-likeness (QED) is 0.125. The zero-order chi connectivity index (χ0) is 31.4. The van der Waals surface area contributed by atoms with Gasteiger partial charge in [-0.15, -0.1) is 0 Å². The predicted octanol–water partition coefficient (Wildman–Crippen LogP) is 10.8. The van der Waals surface area contributed by atoms with Crippen molar-refractivity contribution in [3.05, 3.63) is 87.9 Å². The van der Waals surface area contributed by atoms with Gasteiger partial charge >= 0.3 is 6.11 Å². The average molecular weight is 641 g/mol. The maximum Gasteiger partial charge on any atom is 0.400 e. The topological polar surface area (TPSA) is 27.7 Å². The molecule has 3 aromatic carbocycles. The van der Waals surface area contributed by atoms with Crippen LogP contribution in [-0.4, -0.2) is 19.3 Å². The highest BCUT2D eigenvalue weighted by molar-refractivity contribution is 6.31. The normalized spacial score (nSPS) is 22.6. The molecule has 2 aliphatic rings. The van der Waals surface area contributed by atoms with Crippen molar-refractivity contribution < 1.29 is 40.6 Å². The number of hydrogen-bond donors (Lipinski definition) is 0. The van der Waals surface area contributed by atoms with Gasteiger partial charge in [0, 0.05) is 23.1 Å². The third-order valence-electron chi connectivity index (χ3n) is 8.61. The molecule has 10 heteroatoms. The number of rotatable bonds is 10. The highest BCUT2D eigenvalue weighted by atomic mass is 35.5. The minimum absolute atomic E-state index is 0.0804. The molecule has 5 rings (SSSR count). The van der Waals surface area contributed by atoms with Gasteiger partial charge in [0.1, 0.15) is 34.0 Å². The molecule has 1 saturated carbocycles. The monoisotopic (exact) mass is 640 g/mol. The Bertz CT molecular complexity index is 1410. The first-order chi connectivity index (χ1) is 21.1. The van der Waals surface area contributed by atoms with Crippen LogP contribution in [0.2, 0.25) is 5.02 Å². The molecule has 1 aliphatic carbocycles. The summed E-state index contributed by atoms with van der Waals surface area (Å²) in [6.45, 7) is 3.29. The minimum Gasteiger partial charge on any atom is -0.432 e. The summed E-state index contributed by atoms with van der Waals surface area (Å²) >= 11 is 5.48. The van der Waals surface area contributed by atoms with Crippen molar-refractivity contribution >= 4 is 11.6 Å². The Morgan fingerprint density at radius 2 is 1.50 bits per heavy atom. The molecule has 44 heavy (non-hydrogen) atoms. The van der Waals surface area contributed by atoms with Gasteiger partial charge in [-0.1, -0.05) is 49.9 Å². The van der Waals surface area contributed by atoms with Gasteiger partial charge < -0.3 is 14.2 Å². The standard InChI is InChI=1S/C34H35ClF6O3/c1-2-3-4-5-20-18-42-33(43-19-20)22-8-12-26(28(36)14-22)21-6-9-24(10-7-21)34(40,41)44-25-11-13-27(29(37)17-25)23-15-30(38)32(35)31(39)16-23/h8,11-17,20-21,24,33H,2-7,9-10,18-19H2,1H3. The average Bonchev–Trinajstić information content (AvgIpc) is 3.00. The van der Waals surface area contributed by atoms with Crippen LogP contribution in [0.25, 0.3) is 11.1 Å². The highest BCUT2D eigenvalue weighted by Gasteiger charge is 2.44. The SMILES string of the molecule is CCCCCC1COC(c2ccc(C3CCC(C(F)(F)Oc4ccc(-c5cc(F)c(Cl)c(F)c5)c(F)c4)CC3)c(F)c2)OC1. The second-order valence-corrected chi connectivity index (χ2v) is 12.1. The van der Waals surface area contributed by atoms with E-state index in [1.165, 1.54) is 12.5 Å². The van der Waals surface area contributed by atoms with Crippen LogP contribution in [-0.2, 0) is 9.47 Å². The lowest BCUT2D eigenvalue weighted by molar-refractivity contribution is -0.222. The third-order valence-corrected chi connectivity index (χ3v) is 8.97. The molecule has 0 aromatic heterocycles. The van der Waals surface area contributed by atoms with Crippen molar-refractivity contribution in [2.45, 2.75) is 76.6 Å². The number of alkyl halides is 2. The molecule has 3 nitrogen and oxygen atoms in total. The second-order valence-electron chi connectivity index (χ2n) is 11.7. The smallest absolute Gasteiger partial charge is 0.400 e. The molecule has 0 spiro atoms. The van der Waals surface area contributed by atoms with Gasteiger partial charge in [-0.05, 0) is 79.5 Å². The van der Waals surface area contributed by atoms with E-state index in [4.69, 9.17) is 25.8 Å². The first-order valence-corrected chi connectivity index (χ1v) is 15.5. The number of ether oxygens (including phenoxy) is 3. The van der Waals surface area contributed by atoms with E-state index in [1.807, 2.05) is 0 Å². The van der Waals surface area contributed by atoms with E-state index >= 15 is 13.2 Å². The van der Waals surface area contributed by atoms with Gasteiger partial charge in [-0.3, -0.25) is 0 Å². The summed E-state index contributed by atoms with van der Waals surface area (Å²) in [4.78, 5) is 0. The first kappa shape index (κ1) is 32.6. The van der Waals surface area contributed by atoms with Crippen molar-refractivity contribution in [1.29, 1.82) is 0 Å². The number of unbranched alkanes of at least 4 members (excludes halogenated alkanes) is 2. The molecule has 0 atom stereocenters. The Labute approximate surface area is 258 Å². The Kier molecular flexibility index (Phi) is 10.5. The van der Waals surface area contributed by atoms with Crippen LogP contribution in [0.1, 0.15) is 81.6 Å². The molecule has 0 amide bonds. The van der Waals surface area contributed by atoms with Crippen LogP contribution in [0.4, 0.5) is 26.3 Å². The minimum atomic E-state index is -3.61. The number of halogens is 7. The zero-order valence-electron chi connectivity index (χ0n) is 24.4. The summed E-state index contributed by atoms with van der Waals surface area (Å²) in [6.07, 6.45) is 1.08. The summed E-state index contributed by atoms with van der Waals surface area (Å²) < 4.78 is 104. The van der Waals surface area contributed by atoms with E-state index in [2.05, 4.69) is 6.92 Å². The van der Waals surface area contributed by atoms with Gasteiger partial charge in [-0.2, -0.15) is 8.78 Å². The van der Waals surface area contributed by atoms with E-state index in [-0.39, 0.29) is 29.9 Å². The van der Waals surface area contributed by atoms with Crippen LogP contribution in [0, 0.1) is 35.1 Å². The van der Waals surface area contributed by atoms with E-state index < -0.39 is 52.4 Å². The highest BCUT2D eigenvalue weighted by Crippen LogP contribution is 2.44. The van der Waals surface area contributed by atoms with Crippen LogP contribution in [0.5, 0.6) is 5.75 Å². The molecule has 1 heterocycles. The van der Waals surface area contributed by atoms with Gasteiger partial charge in [0.25, 0.3) is 0 Å². The number of benzene rings is 3. The zero-order valence-corrected chi connectivity index (χ0v) is 25.1.